The molecule has 0 aromatic carbocycles. The lowest BCUT2D eigenvalue weighted by Gasteiger charge is -2.16. The summed E-state index contributed by atoms with van der Waals surface area (Å²) in [5, 5.41) is 0. The van der Waals surface area contributed by atoms with Crippen molar-refractivity contribution in [2.45, 2.75) is 65.2 Å². The Morgan fingerprint density at radius 2 is 1.57 bits per heavy atom. The maximum Gasteiger partial charge on any atom is 0.174 e. The molecule has 28 heavy (non-hydrogen) atoms. The normalized spacial score (nSPS) is 14.2. The lowest BCUT2D eigenvalue weighted by molar-refractivity contribution is 0.548. The molecule has 0 saturated heterocycles. The van der Waals surface area contributed by atoms with Crippen LogP contribution in [0.15, 0.2) is 11.0 Å². The number of fused-ring (bicyclic) bond motifs is 2. The molecule has 0 saturated carbocycles. The highest BCUT2D eigenvalue weighted by Crippen LogP contribution is 2.32. The van der Waals surface area contributed by atoms with E-state index >= 15 is 0 Å². The molecule has 0 aliphatic rings. The average Bonchev–Trinajstić information content (AvgIpc) is 3.32. The summed E-state index contributed by atoms with van der Waals surface area (Å²) in [5.41, 5.74) is 7.64. The summed E-state index contributed by atoms with van der Waals surface area (Å²) in [6, 6.07) is 0. The van der Waals surface area contributed by atoms with Crippen molar-refractivity contribution < 1.29 is 0 Å². The van der Waals surface area contributed by atoms with E-state index in [1.165, 1.54) is 0 Å². The van der Waals surface area contributed by atoms with Crippen molar-refractivity contribution in [1.29, 1.82) is 0 Å². The number of hydrogen-bond acceptors (Lipinski definition) is 8. The molecule has 0 spiro atoms. The summed E-state index contributed by atoms with van der Waals surface area (Å²) in [7, 11) is 0. The number of aromatic nitrogens is 6. The lowest BCUT2D eigenvalue weighted by Crippen LogP contribution is -2.08. The molecule has 6 nitrogen and oxygen atoms in total. The molecule has 0 amide bonds. The topological polar surface area (TPSA) is 77.3 Å². The van der Waals surface area contributed by atoms with Crippen LogP contribution >= 0.6 is 22.7 Å². The molecule has 4 heterocycles. The van der Waals surface area contributed by atoms with Crippen LogP contribution in [0.3, 0.4) is 0 Å². The van der Waals surface area contributed by atoms with Crippen LogP contribution in [-0.2, 0) is 0 Å². The van der Waals surface area contributed by atoms with Crippen molar-refractivity contribution in [3.05, 3.63) is 34.1 Å². The molecule has 0 N–H and O–H groups in total. The highest BCUT2D eigenvalue weighted by molar-refractivity contribution is 7.17. The number of thiazole rings is 2. The first-order valence-corrected chi connectivity index (χ1v) is 11.4. The minimum Gasteiger partial charge on any atom is -0.241 e. The van der Waals surface area contributed by atoms with Crippen molar-refractivity contribution >= 4 is 43.4 Å². The minimum atomic E-state index is 0.284. The summed E-state index contributed by atoms with van der Waals surface area (Å²) in [4.78, 5) is 28.6. The van der Waals surface area contributed by atoms with E-state index in [0.717, 1.165) is 56.6 Å². The molecule has 0 aliphatic carbocycles. The molecule has 4 rings (SSSR count). The summed E-state index contributed by atoms with van der Waals surface area (Å²) in [6.07, 6.45) is 2.03. The van der Waals surface area contributed by atoms with E-state index in [1.807, 2.05) is 17.9 Å². The van der Waals surface area contributed by atoms with Crippen LogP contribution in [0.2, 0.25) is 0 Å². The third-order valence-electron chi connectivity index (χ3n) is 5.06. The summed E-state index contributed by atoms with van der Waals surface area (Å²) in [6.45, 7) is 10.7. The highest BCUT2D eigenvalue weighted by atomic mass is 32.1. The van der Waals surface area contributed by atoms with Gasteiger partial charge in [-0.25, -0.2) is 29.9 Å². The van der Waals surface area contributed by atoms with Gasteiger partial charge in [0.2, 0.25) is 0 Å². The quantitative estimate of drug-likeness (QED) is 0.410. The molecule has 4 aromatic rings. The second-order valence-electron chi connectivity index (χ2n) is 7.67. The Hall–Kier alpha value is -2.06. The van der Waals surface area contributed by atoms with Gasteiger partial charge in [-0.1, -0.05) is 27.7 Å². The van der Waals surface area contributed by atoms with Gasteiger partial charge in [-0.15, -0.1) is 22.7 Å². The van der Waals surface area contributed by atoms with E-state index in [9.17, 15) is 0 Å². The van der Waals surface area contributed by atoms with Gasteiger partial charge in [0.15, 0.2) is 5.65 Å². The van der Waals surface area contributed by atoms with Crippen LogP contribution in [0.1, 0.15) is 81.3 Å². The fourth-order valence-electron chi connectivity index (χ4n) is 3.42. The molecule has 0 aliphatic heterocycles. The molecule has 2 atom stereocenters. The largest absolute Gasteiger partial charge is 0.241 e. The molecule has 2 unspecified atom stereocenters. The van der Waals surface area contributed by atoms with Crippen molar-refractivity contribution in [3.63, 3.8) is 0 Å². The van der Waals surface area contributed by atoms with Crippen molar-refractivity contribution in [2.75, 3.05) is 0 Å². The van der Waals surface area contributed by atoms with Gasteiger partial charge in [-0.05, 0) is 25.7 Å². The zero-order valence-corrected chi connectivity index (χ0v) is 18.4. The van der Waals surface area contributed by atoms with Crippen LogP contribution in [0, 0.1) is 6.92 Å². The van der Waals surface area contributed by atoms with Crippen LogP contribution in [-0.4, -0.2) is 29.9 Å². The number of nitrogens with zero attached hydrogens (tertiary/aromatic N) is 6. The number of rotatable bonds is 6. The monoisotopic (exact) mass is 412 g/mol. The average molecular weight is 413 g/mol. The third-order valence-corrected chi connectivity index (χ3v) is 6.62. The van der Waals surface area contributed by atoms with E-state index in [-0.39, 0.29) is 5.92 Å². The van der Waals surface area contributed by atoms with Gasteiger partial charge in [0.05, 0.1) is 27.1 Å². The Bertz CT molecular complexity index is 1120. The second-order valence-corrected chi connectivity index (χ2v) is 9.36. The molecule has 0 radical (unpaired) electrons. The second kappa shape index (κ2) is 7.75. The van der Waals surface area contributed by atoms with Gasteiger partial charge in [0.1, 0.15) is 22.0 Å². The van der Waals surface area contributed by atoms with Crippen LogP contribution in [0.4, 0.5) is 0 Å². The van der Waals surface area contributed by atoms with E-state index in [0.29, 0.717) is 11.8 Å². The number of aryl methyl sites for hydroxylation is 1. The number of hydrogen-bond donors (Lipinski definition) is 0. The van der Waals surface area contributed by atoms with Gasteiger partial charge < -0.3 is 0 Å². The fraction of sp³-hybridized carbons (Fsp3) is 0.500. The van der Waals surface area contributed by atoms with Crippen molar-refractivity contribution in [2.24, 2.45) is 0 Å². The van der Waals surface area contributed by atoms with Crippen LogP contribution < -0.4 is 0 Å². The van der Waals surface area contributed by atoms with Gasteiger partial charge in [-0.2, -0.15) is 0 Å². The Morgan fingerprint density at radius 3 is 2.36 bits per heavy atom. The van der Waals surface area contributed by atoms with Crippen molar-refractivity contribution in [1.82, 2.24) is 29.9 Å². The molecular weight excluding hydrogens is 388 g/mol. The van der Waals surface area contributed by atoms with Crippen LogP contribution in [0.5, 0.6) is 0 Å². The predicted octanol–water partition coefficient (Wildman–Crippen LogP) is 5.61. The SMILES string of the molecule is Cc1nc(C(C)CCC(C)c2nc(C(C)C)c3ncsc3n2)c2scnc2n1. The molecule has 4 aromatic heterocycles. The predicted molar refractivity (Wildman–Crippen MR) is 115 cm³/mol. The van der Waals surface area contributed by atoms with Crippen LogP contribution in [0.25, 0.3) is 20.7 Å². The highest BCUT2D eigenvalue weighted by Gasteiger charge is 2.20. The zero-order valence-electron chi connectivity index (χ0n) is 16.8. The Balaban J connectivity index is 1.55. The first-order chi connectivity index (χ1) is 13.4. The van der Waals surface area contributed by atoms with Crippen molar-refractivity contribution in [3.8, 4) is 0 Å². The molecular formula is C20H24N6S2. The molecule has 8 heteroatoms. The van der Waals surface area contributed by atoms with E-state index in [4.69, 9.17) is 15.0 Å². The maximum atomic E-state index is 4.88. The fourth-order valence-corrected chi connectivity index (χ4v) is 4.92. The summed E-state index contributed by atoms with van der Waals surface area (Å²) < 4.78 is 1.11. The Kier molecular flexibility index (Phi) is 5.33. The Morgan fingerprint density at radius 1 is 0.821 bits per heavy atom. The van der Waals surface area contributed by atoms with E-state index < -0.39 is 0 Å². The van der Waals surface area contributed by atoms with Gasteiger partial charge in [-0.3, -0.25) is 0 Å². The third kappa shape index (κ3) is 3.63. The molecule has 0 bridgehead atoms. The standard InChI is InChI=1S/C20H24N6S2/c1-10(2)14-16-20(28-8-21-16)26-18(25-14)12(4)7-6-11(3)15-17-19(22-9-27-17)24-13(5)23-15/h8-12H,6-7H2,1-5H3. The maximum absolute atomic E-state index is 4.88. The van der Waals surface area contributed by atoms with Gasteiger partial charge >= 0.3 is 0 Å². The van der Waals surface area contributed by atoms with Gasteiger partial charge in [0, 0.05) is 11.8 Å². The summed E-state index contributed by atoms with van der Waals surface area (Å²) >= 11 is 3.21. The minimum absolute atomic E-state index is 0.284. The lowest BCUT2D eigenvalue weighted by atomic mass is 9.94. The molecule has 146 valence electrons. The molecule has 0 fully saturated rings. The smallest absolute Gasteiger partial charge is 0.174 e. The zero-order chi connectivity index (χ0) is 19.8. The Labute approximate surface area is 172 Å². The first-order valence-electron chi connectivity index (χ1n) is 9.62. The summed E-state index contributed by atoms with van der Waals surface area (Å²) in [5.74, 6) is 2.67. The van der Waals surface area contributed by atoms with Gasteiger partial charge in [0.25, 0.3) is 0 Å². The van der Waals surface area contributed by atoms with E-state index in [2.05, 4.69) is 42.6 Å². The van der Waals surface area contributed by atoms with E-state index in [1.54, 1.807) is 22.7 Å². The first kappa shape index (κ1) is 19.3.